The number of nitrogens with zero attached hydrogens (tertiary/aromatic N) is 2. The molecule has 7 heteroatoms. The standard InChI is InChI=1S/C8H11F2N3O2/c1-14-3-6-12-7(15-13-6)5-2-8(9,10)4-11-5/h5,11H,2-4H2,1H3/t5-/m1/s1. The molecule has 1 aromatic rings. The smallest absolute Gasteiger partial charge is 0.262 e. The highest BCUT2D eigenvalue weighted by molar-refractivity contribution is 4.99. The molecule has 0 saturated carbocycles. The topological polar surface area (TPSA) is 60.2 Å². The molecule has 15 heavy (non-hydrogen) atoms. The minimum atomic E-state index is -2.69. The van der Waals surface area contributed by atoms with Gasteiger partial charge in [-0.25, -0.2) is 8.78 Å². The van der Waals surface area contributed by atoms with Gasteiger partial charge in [0.1, 0.15) is 6.61 Å². The Morgan fingerprint density at radius 3 is 3.07 bits per heavy atom. The van der Waals surface area contributed by atoms with Crippen molar-refractivity contribution < 1.29 is 18.0 Å². The molecule has 2 rings (SSSR count). The van der Waals surface area contributed by atoms with E-state index in [1.54, 1.807) is 0 Å². The summed E-state index contributed by atoms with van der Waals surface area (Å²) in [5.74, 6) is -2.13. The maximum absolute atomic E-state index is 12.9. The fourth-order valence-corrected chi connectivity index (χ4v) is 1.49. The first-order chi connectivity index (χ1) is 7.11. The van der Waals surface area contributed by atoms with E-state index >= 15 is 0 Å². The van der Waals surface area contributed by atoms with Gasteiger partial charge in [0.25, 0.3) is 5.92 Å². The number of alkyl halides is 2. The average Bonchev–Trinajstić information content (AvgIpc) is 2.73. The lowest BCUT2D eigenvalue weighted by atomic mass is 10.2. The molecule has 1 aliphatic heterocycles. The van der Waals surface area contributed by atoms with Gasteiger partial charge in [-0.15, -0.1) is 0 Å². The zero-order chi connectivity index (χ0) is 10.9. The molecule has 1 fully saturated rings. The number of ether oxygens (including phenoxy) is 1. The molecule has 1 atom stereocenters. The van der Waals surface area contributed by atoms with Crippen molar-refractivity contribution in [2.24, 2.45) is 0 Å². The summed E-state index contributed by atoms with van der Waals surface area (Å²) in [6, 6.07) is -0.557. The van der Waals surface area contributed by atoms with E-state index in [2.05, 4.69) is 15.5 Å². The van der Waals surface area contributed by atoms with Gasteiger partial charge in [0.2, 0.25) is 5.89 Å². The number of aromatic nitrogens is 2. The molecule has 0 amide bonds. The molecular formula is C8H11F2N3O2. The van der Waals surface area contributed by atoms with E-state index in [1.165, 1.54) is 7.11 Å². The Kier molecular flexibility index (Phi) is 2.66. The summed E-state index contributed by atoms with van der Waals surface area (Å²) in [5.41, 5.74) is 0. The SMILES string of the molecule is COCc1noc([C@H]2CC(F)(F)CN2)n1. The number of hydrogen-bond acceptors (Lipinski definition) is 5. The predicted molar refractivity (Wildman–Crippen MR) is 45.3 cm³/mol. The van der Waals surface area contributed by atoms with Gasteiger partial charge in [0, 0.05) is 13.5 Å². The second-order valence-corrected chi connectivity index (χ2v) is 3.48. The van der Waals surface area contributed by atoms with Crippen LogP contribution in [0.2, 0.25) is 0 Å². The summed E-state index contributed by atoms with van der Waals surface area (Å²) < 4.78 is 35.4. The highest BCUT2D eigenvalue weighted by Gasteiger charge is 2.42. The zero-order valence-corrected chi connectivity index (χ0v) is 8.17. The molecule has 84 valence electrons. The summed E-state index contributed by atoms with van der Waals surface area (Å²) in [4.78, 5) is 3.95. The van der Waals surface area contributed by atoms with E-state index in [0.29, 0.717) is 5.82 Å². The van der Waals surface area contributed by atoms with Crippen LogP contribution in [-0.2, 0) is 11.3 Å². The third-order valence-corrected chi connectivity index (χ3v) is 2.17. The number of hydrogen-bond donors (Lipinski definition) is 1. The Morgan fingerprint density at radius 2 is 2.47 bits per heavy atom. The highest BCUT2D eigenvalue weighted by atomic mass is 19.3. The highest BCUT2D eigenvalue weighted by Crippen LogP contribution is 2.32. The second-order valence-electron chi connectivity index (χ2n) is 3.48. The molecule has 1 aliphatic rings. The first-order valence-electron chi connectivity index (χ1n) is 4.53. The second kappa shape index (κ2) is 3.82. The Balaban J connectivity index is 2.04. The van der Waals surface area contributed by atoms with E-state index in [1.807, 2.05) is 0 Å². The molecule has 1 saturated heterocycles. The normalized spacial score (nSPS) is 24.6. The average molecular weight is 219 g/mol. The largest absolute Gasteiger partial charge is 0.377 e. The van der Waals surface area contributed by atoms with Crippen LogP contribution in [0.5, 0.6) is 0 Å². The molecule has 0 aromatic carbocycles. The van der Waals surface area contributed by atoms with E-state index in [4.69, 9.17) is 9.26 Å². The summed E-state index contributed by atoms with van der Waals surface area (Å²) in [6.45, 7) is -0.133. The molecular weight excluding hydrogens is 208 g/mol. The Bertz CT molecular complexity index is 342. The van der Waals surface area contributed by atoms with Crippen molar-refractivity contribution in [2.75, 3.05) is 13.7 Å². The molecule has 1 N–H and O–H groups in total. The Hall–Kier alpha value is -1.08. The summed E-state index contributed by atoms with van der Waals surface area (Å²) >= 11 is 0. The molecule has 1 aromatic heterocycles. The van der Waals surface area contributed by atoms with Crippen LogP contribution >= 0.6 is 0 Å². The van der Waals surface area contributed by atoms with Gasteiger partial charge >= 0.3 is 0 Å². The van der Waals surface area contributed by atoms with Crippen molar-refractivity contribution in [1.82, 2.24) is 15.5 Å². The maximum Gasteiger partial charge on any atom is 0.262 e. The quantitative estimate of drug-likeness (QED) is 0.817. The molecule has 0 unspecified atom stereocenters. The van der Waals surface area contributed by atoms with Gasteiger partial charge in [0.05, 0.1) is 12.6 Å². The van der Waals surface area contributed by atoms with Crippen molar-refractivity contribution in [3.63, 3.8) is 0 Å². The van der Waals surface area contributed by atoms with Crippen LogP contribution in [0.4, 0.5) is 8.78 Å². The number of nitrogens with one attached hydrogen (secondary N) is 1. The Morgan fingerprint density at radius 1 is 1.67 bits per heavy atom. The lowest BCUT2D eigenvalue weighted by Gasteiger charge is -2.04. The first kappa shape index (κ1) is 10.4. The molecule has 2 heterocycles. The lowest BCUT2D eigenvalue weighted by molar-refractivity contribution is 0.0200. The minimum Gasteiger partial charge on any atom is -0.377 e. The monoisotopic (exact) mass is 219 g/mol. The third kappa shape index (κ3) is 2.29. The van der Waals surface area contributed by atoms with E-state index in [9.17, 15) is 8.78 Å². The van der Waals surface area contributed by atoms with Crippen molar-refractivity contribution in [2.45, 2.75) is 25.0 Å². The van der Waals surface area contributed by atoms with E-state index in [0.717, 1.165) is 0 Å². The van der Waals surface area contributed by atoms with Crippen molar-refractivity contribution in [1.29, 1.82) is 0 Å². The molecule has 0 radical (unpaired) electrons. The minimum absolute atomic E-state index is 0.194. The van der Waals surface area contributed by atoms with Crippen LogP contribution in [-0.4, -0.2) is 29.7 Å². The van der Waals surface area contributed by atoms with Crippen LogP contribution in [0.1, 0.15) is 24.2 Å². The van der Waals surface area contributed by atoms with Gasteiger partial charge in [-0.1, -0.05) is 5.16 Å². The number of methoxy groups -OCH3 is 1. The molecule has 0 aliphatic carbocycles. The third-order valence-electron chi connectivity index (χ3n) is 2.17. The maximum atomic E-state index is 12.9. The van der Waals surface area contributed by atoms with Gasteiger partial charge in [-0.3, -0.25) is 5.32 Å². The lowest BCUT2D eigenvalue weighted by Crippen LogP contribution is -2.19. The predicted octanol–water partition coefficient (Wildman–Crippen LogP) is 0.886. The molecule has 0 spiro atoms. The van der Waals surface area contributed by atoms with Gasteiger partial charge in [0.15, 0.2) is 5.82 Å². The molecule has 5 nitrogen and oxygen atoms in total. The van der Waals surface area contributed by atoms with Gasteiger partial charge < -0.3 is 9.26 Å². The van der Waals surface area contributed by atoms with Gasteiger partial charge in [-0.2, -0.15) is 4.98 Å². The summed E-state index contributed by atoms with van der Waals surface area (Å²) in [7, 11) is 1.50. The number of rotatable bonds is 3. The van der Waals surface area contributed by atoms with Crippen LogP contribution in [0.3, 0.4) is 0 Å². The van der Waals surface area contributed by atoms with Gasteiger partial charge in [-0.05, 0) is 0 Å². The fourth-order valence-electron chi connectivity index (χ4n) is 1.49. The fraction of sp³-hybridized carbons (Fsp3) is 0.750. The zero-order valence-electron chi connectivity index (χ0n) is 8.17. The Labute approximate surface area is 84.8 Å². The van der Waals surface area contributed by atoms with Crippen molar-refractivity contribution in [3.05, 3.63) is 11.7 Å². The van der Waals surface area contributed by atoms with Crippen molar-refractivity contribution >= 4 is 0 Å². The van der Waals surface area contributed by atoms with E-state index < -0.39 is 12.0 Å². The molecule has 0 bridgehead atoms. The van der Waals surface area contributed by atoms with Crippen LogP contribution in [0, 0.1) is 0 Å². The summed E-state index contributed by atoms with van der Waals surface area (Å²) in [6.07, 6.45) is -0.304. The van der Waals surface area contributed by atoms with Crippen LogP contribution < -0.4 is 5.32 Å². The van der Waals surface area contributed by atoms with Crippen LogP contribution in [0.25, 0.3) is 0 Å². The van der Waals surface area contributed by atoms with Crippen LogP contribution in [0.15, 0.2) is 4.52 Å². The van der Waals surface area contributed by atoms with E-state index in [-0.39, 0.29) is 25.5 Å². The summed E-state index contributed by atoms with van der Waals surface area (Å²) in [5, 5.41) is 6.23. The van der Waals surface area contributed by atoms with Crippen molar-refractivity contribution in [3.8, 4) is 0 Å². The first-order valence-corrected chi connectivity index (χ1v) is 4.53. The number of halogens is 2.